The van der Waals surface area contributed by atoms with Crippen molar-refractivity contribution in [1.82, 2.24) is 5.32 Å². The lowest BCUT2D eigenvalue weighted by molar-refractivity contribution is -0.127. The Bertz CT molecular complexity index is 961. The number of halogens is 1. The number of nitrogens with one attached hydrogen (secondary N) is 1. The Balaban J connectivity index is 1.53. The molecular weight excluding hydrogens is 422 g/mol. The number of Topliss-reactive ketones (excluding diaryl/α,β-unsaturated/α-hetero) is 1. The van der Waals surface area contributed by atoms with Gasteiger partial charge in [0.1, 0.15) is 17.3 Å². The van der Waals surface area contributed by atoms with Gasteiger partial charge in [0.2, 0.25) is 0 Å². The van der Waals surface area contributed by atoms with Crippen molar-refractivity contribution in [2.75, 3.05) is 0 Å². The van der Waals surface area contributed by atoms with Gasteiger partial charge in [0.15, 0.2) is 11.9 Å². The van der Waals surface area contributed by atoms with Crippen molar-refractivity contribution in [2.24, 2.45) is 0 Å². The topological polar surface area (TPSA) is 68.5 Å². The van der Waals surface area contributed by atoms with E-state index in [9.17, 15) is 9.59 Å². The number of hydrogen-bond acceptors (Lipinski definition) is 4. The summed E-state index contributed by atoms with van der Waals surface area (Å²) in [5.74, 6) is 1.66. The van der Waals surface area contributed by atoms with E-state index in [0.29, 0.717) is 17.1 Å². The van der Waals surface area contributed by atoms with Gasteiger partial charge in [-0.2, -0.15) is 0 Å². The average molecular weight is 442 g/mol. The van der Waals surface area contributed by atoms with E-state index >= 15 is 0 Å². The molecule has 1 aromatic heterocycles. The molecular formula is C22H20BrNO4. The highest BCUT2D eigenvalue weighted by molar-refractivity contribution is 9.10. The molecule has 3 rings (SSSR count). The van der Waals surface area contributed by atoms with Crippen molar-refractivity contribution in [2.45, 2.75) is 26.5 Å². The molecule has 6 heteroatoms. The number of carbonyl (C=O) groups excluding carboxylic acids is 2. The minimum atomic E-state index is -0.677. The Morgan fingerprint density at radius 2 is 1.71 bits per heavy atom. The molecule has 28 heavy (non-hydrogen) atoms. The Labute approximate surface area is 171 Å². The van der Waals surface area contributed by atoms with Crippen LogP contribution < -0.4 is 10.1 Å². The van der Waals surface area contributed by atoms with E-state index < -0.39 is 6.10 Å². The van der Waals surface area contributed by atoms with E-state index in [2.05, 4.69) is 21.2 Å². The number of ether oxygens (including phenoxy) is 1. The number of hydrogen-bond donors (Lipinski definition) is 1. The molecule has 1 amide bonds. The van der Waals surface area contributed by atoms with Gasteiger partial charge in [-0.05, 0) is 62.4 Å². The molecule has 1 heterocycles. The van der Waals surface area contributed by atoms with Crippen molar-refractivity contribution >= 4 is 27.6 Å². The lowest BCUT2D eigenvalue weighted by Gasteiger charge is -2.14. The van der Waals surface area contributed by atoms with Crippen LogP contribution in [0.25, 0.3) is 11.3 Å². The van der Waals surface area contributed by atoms with E-state index in [4.69, 9.17) is 9.15 Å². The molecule has 0 spiro atoms. The summed E-state index contributed by atoms with van der Waals surface area (Å²) in [7, 11) is 0. The summed E-state index contributed by atoms with van der Waals surface area (Å²) in [6.45, 7) is 3.44. The highest BCUT2D eigenvalue weighted by Crippen LogP contribution is 2.24. The van der Waals surface area contributed by atoms with E-state index in [1.165, 1.54) is 6.92 Å². The number of furan rings is 1. The van der Waals surface area contributed by atoms with Gasteiger partial charge >= 0.3 is 0 Å². The van der Waals surface area contributed by atoms with E-state index in [1.807, 2.05) is 36.4 Å². The molecule has 0 aliphatic carbocycles. The molecule has 0 bridgehead atoms. The van der Waals surface area contributed by atoms with Crippen LogP contribution >= 0.6 is 15.9 Å². The molecule has 0 radical (unpaired) electrons. The number of carbonyl (C=O) groups is 2. The van der Waals surface area contributed by atoms with Gasteiger partial charge in [-0.3, -0.25) is 9.59 Å². The molecule has 0 fully saturated rings. The van der Waals surface area contributed by atoms with Crippen LogP contribution in [0.1, 0.15) is 30.0 Å². The molecule has 0 saturated carbocycles. The molecule has 1 N–H and O–H groups in total. The SMILES string of the molecule is CC(=O)c1ccc(OC(C)C(=O)NCc2ccc(-c3ccc(Br)cc3)o2)cc1. The fourth-order valence-electron chi connectivity index (χ4n) is 2.59. The van der Waals surface area contributed by atoms with Crippen LogP contribution in [0, 0.1) is 0 Å². The summed E-state index contributed by atoms with van der Waals surface area (Å²) < 4.78 is 12.4. The molecule has 0 aliphatic rings. The molecule has 3 aromatic rings. The monoisotopic (exact) mass is 441 g/mol. The summed E-state index contributed by atoms with van der Waals surface area (Å²) >= 11 is 3.41. The van der Waals surface area contributed by atoms with Crippen LogP contribution in [0.2, 0.25) is 0 Å². The fourth-order valence-corrected chi connectivity index (χ4v) is 2.85. The number of ketones is 1. The first kappa shape index (κ1) is 19.9. The lowest BCUT2D eigenvalue weighted by atomic mass is 10.1. The molecule has 5 nitrogen and oxygen atoms in total. The van der Waals surface area contributed by atoms with Gasteiger partial charge in [0.25, 0.3) is 5.91 Å². The minimum Gasteiger partial charge on any atom is -0.481 e. The number of benzene rings is 2. The highest BCUT2D eigenvalue weighted by Gasteiger charge is 2.15. The van der Waals surface area contributed by atoms with Gasteiger partial charge in [-0.25, -0.2) is 0 Å². The van der Waals surface area contributed by atoms with Crippen LogP contribution in [0.5, 0.6) is 5.75 Å². The third kappa shape index (κ3) is 5.10. The van der Waals surface area contributed by atoms with Gasteiger partial charge in [-0.1, -0.05) is 28.1 Å². The zero-order chi connectivity index (χ0) is 20.1. The molecule has 0 aliphatic heterocycles. The predicted molar refractivity (Wildman–Crippen MR) is 110 cm³/mol. The zero-order valence-corrected chi connectivity index (χ0v) is 17.2. The quantitative estimate of drug-likeness (QED) is 0.524. The first-order valence-corrected chi connectivity index (χ1v) is 9.61. The van der Waals surface area contributed by atoms with Crippen molar-refractivity contribution in [3.05, 3.63) is 76.5 Å². The summed E-state index contributed by atoms with van der Waals surface area (Å²) in [6.07, 6.45) is -0.677. The average Bonchev–Trinajstić information content (AvgIpc) is 3.16. The highest BCUT2D eigenvalue weighted by atomic mass is 79.9. The van der Waals surface area contributed by atoms with Gasteiger partial charge in [0, 0.05) is 15.6 Å². The summed E-state index contributed by atoms with van der Waals surface area (Å²) in [4.78, 5) is 23.6. The maximum Gasteiger partial charge on any atom is 0.261 e. The maximum absolute atomic E-state index is 12.3. The van der Waals surface area contributed by atoms with Crippen LogP contribution in [0.3, 0.4) is 0 Å². The molecule has 2 aromatic carbocycles. The minimum absolute atomic E-state index is 0.0155. The summed E-state index contributed by atoms with van der Waals surface area (Å²) in [6, 6.07) is 18.2. The second-order valence-corrected chi connectivity index (χ2v) is 7.25. The second kappa shape index (κ2) is 8.89. The smallest absolute Gasteiger partial charge is 0.261 e. The predicted octanol–water partition coefficient (Wildman–Crippen LogP) is 5.00. The first-order valence-electron chi connectivity index (χ1n) is 8.82. The summed E-state index contributed by atoms with van der Waals surface area (Å²) in [5, 5.41) is 2.80. The van der Waals surface area contributed by atoms with E-state index in [0.717, 1.165) is 15.8 Å². The Morgan fingerprint density at radius 1 is 1.04 bits per heavy atom. The Morgan fingerprint density at radius 3 is 2.36 bits per heavy atom. The van der Waals surface area contributed by atoms with Crippen LogP contribution in [-0.2, 0) is 11.3 Å². The van der Waals surface area contributed by atoms with Gasteiger partial charge < -0.3 is 14.5 Å². The van der Waals surface area contributed by atoms with Crippen molar-refractivity contribution < 1.29 is 18.7 Å². The number of amides is 1. The van der Waals surface area contributed by atoms with Gasteiger partial charge in [0.05, 0.1) is 6.54 Å². The standard InChI is InChI=1S/C22H20BrNO4/c1-14(25)16-5-9-19(10-6-16)27-15(2)22(26)24-13-20-11-12-21(28-20)17-3-7-18(23)8-4-17/h3-12,15H,13H2,1-2H3,(H,24,26). The maximum atomic E-state index is 12.3. The second-order valence-electron chi connectivity index (χ2n) is 6.33. The zero-order valence-electron chi connectivity index (χ0n) is 15.6. The lowest BCUT2D eigenvalue weighted by Crippen LogP contribution is -2.35. The number of rotatable bonds is 7. The van der Waals surface area contributed by atoms with Crippen LogP contribution in [-0.4, -0.2) is 17.8 Å². The van der Waals surface area contributed by atoms with Crippen molar-refractivity contribution in [3.8, 4) is 17.1 Å². The van der Waals surface area contributed by atoms with Crippen LogP contribution in [0.15, 0.2) is 69.6 Å². The van der Waals surface area contributed by atoms with Gasteiger partial charge in [-0.15, -0.1) is 0 Å². The molecule has 1 atom stereocenters. The van der Waals surface area contributed by atoms with Crippen LogP contribution in [0.4, 0.5) is 0 Å². The Kier molecular flexibility index (Phi) is 6.31. The largest absolute Gasteiger partial charge is 0.481 e. The van der Waals surface area contributed by atoms with E-state index in [1.54, 1.807) is 31.2 Å². The third-order valence-electron chi connectivity index (χ3n) is 4.17. The van der Waals surface area contributed by atoms with E-state index in [-0.39, 0.29) is 18.2 Å². The van der Waals surface area contributed by atoms with Crippen molar-refractivity contribution in [3.63, 3.8) is 0 Å². The third-order valence-corrected chi connectivity index (χ3v) is 4.70. The molecule has 0 saturated heterocycles. The summed E-state index contributed by atoms with van der Waals surface area (Å²) in [5.41, 5.74) is 1.57. The molecule has 1 unspecified atom stereocenters. The fraction of sp³-hybridized carbons (Fsp3) is 0.182. The normalized spacial score (nSPS) is 11.7. The first-order chi connectivity index (χ1) is 13.4. The Hall–Kier alpha value is -2.86. The molecule has 144 valence electrons. The van der Waals surface area contributed by atoms with Crippen molar-refractivity contribution in [1.29, 1.82) is 0 Å².